The molecule has 3 rings (SSSR count). The summed E-state index contributed by atoms with van der Waals surface area (Å²) in [5.74, 6) is 0.588. The number of hydrogen-bond acceptors (Lipinski definition) is 4. The van der Waals surface area contributed by atoms with E-state index in [4.69, 9.17) is 4.74 Å². The standard InChI is InChI=1S/C20H21N3O3/c1-4-18(24)21-15-8-7-13(2)17(10-15)26-12-16-11-19(25)23-9-5-6-14(3)20(23)22-16/h5-11H,4,12H2,1-3H3,(H,21,24). The van der Waals surface area contributed by atoms with Crippen LogP contribution < -0.4 is 15.6 Å². The van der Waals surface area contributed by atoms with Gasteiger partial charge in [-0.05, 0) is 37.1 Å². The Labute approximate surface area is 151 Å². The number of pyridine rings is 1. The second-order valence-corrected chi connectivity index (χ2v) is 6.14. The molecule has 0 aliphatic heterocycles. The van der Waals surface area contributed by atoms with Crippen LogP contribution >= 0.6 is 0 Å². The summed E-state index contributed by atoms with van der Waals surface area (Å²) < 4.78 is 7.38. The van der Waals surface area contributed by atoms with E-state index in [-0.39, 0.29) is 18.1 Å². The molecule has 0 fully saturated rings. The van der Waals surface area contributed by atoms with Gasteiger partial charge in [0.1, 0.15) is 18.0 Å². The van der Waals surface area contributed by atoms with E-state index < -0.39 is 0 Å². The molecule has 0 unspecified atom stereocenters. The predicted molar refractivity (Wildman–Crippen MR) is 101 cm³/mol. The average molecular weight is 351 g/mol. The van der Waals surface area contributed by atoms with Gasteiger partial charge in [-0.2, -0.15) is 0 Å². The van der Waals surface area contributed by atoms with Crippen LogP contribution in [0.2, 0.25) is 0 Å². The third-order valence-corrected chi connectivity index (χ3v) is 4.11. The van der Waals surface area contributed by atoms with E-state index in [1.807, 2.05) is 38.1 Å². The van der Waals surface area contributed by atoms with Crippen LogP contribution in [0.4, 0.5) is 5.69 Å². The van der Waals surface area contributed by atoms with Crippen molar-refractivity contribution in [2.45, 2.75) is 33.8 Å². The summed E-state index contributed by atoms with van der Waals surface area (Å²) in [5, 5.41) is 2.81. The summed E-state index contributed by atoms with van der Waals surface area (Å²) in [6.45, 7) is 5.81. The molecular formula is C20H21N3O3. The highest BCUT2D eigenvalue weighted by atomic mass is 16.5. The van der Waals surface area contributed by atoms with Gasteiger partial charge < -0.3 is 10.1 Å². The molecule has 1 N–H and O–H groups in total. The zero-order valence-corrected chi connectivity index (χ0v) is 15.1. The topological polar surface area (TPSA) is 72.7 Å². The Bertz CT molecular complexity index is 1020. The predicted octanol–water partition coefficient (Wildman–Crippen LogP) is 3.24. The number of nitrogens with zero attached hydrogens (tertiary/aromatic N) is 2. The van der Waals surface area contributed by atoms with Gasteiger partial charge in [-0.25, -0.2) is 4.98 Å². The van der Waals surface area contributed by atoms with Gasteiger partial charge in [0, 0.05) is 30.4 Å². The van der Waals surface area contributed by atoms with E-state index in [0.29, 0.717) is 29.2 Å². The van der Waals surface area contributed by atoms with Gasteiger partial charge in [-0.3, -0.25) is 14.0 Å². The first-order valence-electron chi connectivity index (χ1n) is 8.49. The molecule has 1 aromatic carbocycles. The van der Waals surface area contributed by atoms with Crippen molar-refractivity contribution < 1.29 is 9.53 Å². The summed E-state index contributed by atoms with van der Waals surface area (Å²) in [6, 6.07) is 10.7. The molecule has 0 saturated carbocycles. The van der Waals surface area contributed by atoms with E-state index >= 15 is 0 Å². The lowest BCUT2D eigenvalue weighted by Crippen LogP contribution is -2.17. The fourth-order valence-electron chi connectivity index (χ4n) is 2.62. The Balaban J connectivity index is 1.84. The highest BCUT2D eigenvalue weighted by Crippen LogP contribution is 2.23. The van der Waals surface area contributed by atoms with Gasteiger partial charge >= 0.3 is 0 Å². The number of hydrogen-bond donors (Lipinski definition) is 1. The molecule has 0 saturated heterocycles. The number of carbonyl (C=O) groups excluding carboxylic acids is 1. The molecule has 0 atom stereocenters. The highest BCUT2D eigenvalue weighted by Gasteiger charge is 2.08. The second-order valence-electron chi connectivity index (χ2n) is 6.14. The lowest BCUT2D eigenvalue weighted by atomic mass is 10.2. The fraction of sp³-hybridized carbons (Fsp3) is 0.250. The molecule has 0 aliphatic rings. The van der Waals surface area contributed by atoms with Crippen molar-refractivity contribution >= 4 is 17.2 Å². The molecule has 0 radical (unpaired) electrons. The zero-order chi connectivity index (χ0) is 18.7. The lowest BCUT2D eigenvalue weighted by molar-refractivity contribution is -0.115. The Morgan fingerprint density at radius 1 is 1.19 bits per heavy atom. The number of carbonyl (C=O) groups is 1. The minimum absolute atomic E-state index is 0.0560. The number of anilines is 1. The first kappa shape index (κ1) is 17.7. The van der Waals surface area contributed by atoms with Crippen molar-refractivity contribution in [2.24, 2.45) is 0 Å². The van der Waals surface area contributed by atoms with Crippen molar-refractivity contribution in [2.75, 3.05) is 5.32 Å². The van der Waals surface area contributed by atoms with Crippen molar-refractivity contribution in [3.8, 4) is 5.75 Å². The first-order chi connectivity index (χ1) is 12.5. The molecule has 0 bridgehead atoms. The van der Waals surface area contributed by atoms with E-state index in [0.717, 1.165) is 11.1 Å². The second kappa shape index (κ2) is 7.39. The average Bonchev–Trinajstić information content (AvgIpc) is 2.63. The largest absolute Gasteiger partial charge is 0.487 e. The van der Waals surface area contributed by atoms with Crippen LogP contribution in [0.1, 0.15) is 30.2 Å². The zero-order valence-electron chi connectivity index (χ0n) is 15.1. The molecule has 2 aromatic heterocycles. The number of rotatable bonds is 5. The van der Waals surface area contributed by atoms with Gasteiger partial charge in [0.05, 0.1) is 5.69 Å². The monoisotopic (exact) mass is 351 g/mol. The Kier molecular flexibility index (Phi) is 5.02. The Morgan fingerprint density at radius 2 is 2.00 bits per heavy atom. The van der Waals surface area contributed by atoms with Gasteiger partial charge in [-0.15, -0.1) is 0 Å². The molecule has 0 aliphatic carbocycles. The summed E-state index contributed by atoms with van der Waals surface area (Å²) in [5.41, 5.74) is 3.59. The number of nitrogens with one attached hydrogen (secondary N) is 1. The third-order valence-electron chi connectivity index (χ3n) is 4.11. The molecule has 2 heterocycles. The van der Waals surface area contributed by atoms with Crippen molar-refractivity contribution in [1.82, 2.24) is 9.38 Å². The quantitative estimate of drug-likeness (QED) is 0.766. The number of fused-ring (bicyclic) bond motifs is 1. The number of benzene rings is 1. The summed E-state index contributed by atoms with van der Waals surface area (Å²) in [7, 11) is 0. The van der Waals surface area contributed by atoms with E-state index in [1.54, 1.807) is 19.2 Å². The van der Waals surface area contributed by atoms with Gasteiger partial charge in [0.2, 0.25) is 5.91 Å². The lowest BCUT2D eigenvalue weighted by Gasteiger charge is -2.12. The fourth-order valence-corrected chi connectivity index (χ4v) is 2.62. The van der Waals surface area contributed by atoms with Gasteiger partial charge in [0.25, 0.3) is 5.56 Å². The van der Waals surface area contributed by atoms with Crippen molar-refractivity contribution in [3.63, 3.8) is 0 Å². The number of amides is 1. The van der Waals surface area contributed by atoms with Gasteiger partial charge in [-0.1, -0.05) is 19.1 Å². The van der Waals surface area contributed by atoms with Crippen molar-refractivity contribution in [3.05, 3.63) is 69.8 Å². The highest BCUT2D eigenvalue weighted by molar-refractivity contribution is 5.90. The van der Waals surface area contributed by atoms with E-state index in [1.165, 1.54) is 10.5 Å². The van der Waals surface area contributed by atoms with Crippen LogP contribution in [0, 0.1) is 13.8 Å². The van der Waals surface area contributed by atoms with E-state index in [2.05, 4.69) is 10.3 Å². The van der Waals surface area contributed by atoms with Crippen molar-refractivity contribution in [1.29, 1.82) is 0 Å². The van der Waals surface area contributed by atoms with Crippen LogP contribution in [-0.4, -0.2) is 15.3 Å². The van der Waals surface area contributed by atoms with Crippen LogP contribution in [0.5, 0.6) is 5.75 Å². The van der Waals surface area contributed by atoms with Gasteiger partial charge in [0.15, 0.2) is 0 Å². The molecule has 134 valence electrons. The number of ether oxygens (including phenoxy) is 1. The maximum atomic E-state index is 12.3. The third kappa shape index (κ3) is 3.74. The Morgan fingerprint density at radius 3 is 2.77 bits per heavy atom. The minimum atomic E-state index is -0.141. The van der Waals surface area contributed by atoms with Crippen LogP contribution in [-0.2, 0) is 11.4 Å². The first-order valence-corrected chi connectivity index (χ1v) is 8.49. The molecule has 1 amide bonds. The molecular weight excluding hydrogens is 330 g/mol. The Hall–Kier alpha value is -3.15. The summed E-state index contributed by atoms with van der Waals surface area (Å²) in [4.78, 5) is 28.3. The van der Waals surface area contributed by atoms with Crippen LogP contribution in [0.3, 0.4) is 0 Å². The summed E-state index contributed by atoms with van der Waals surface area (Å²) >= 11 is 0. The van der Waals surface area contributed by atoms with Crippen LogP contribution in [0.25, 0.3) is 5.65 Å². The smallest absolute Gasteiger partial charge is 0.258 e. The minimum Gasteiger partial charge on any atom is -0.487 e. The molecule has 6 nitrogen and oxygen atoms in total. The maximum Gasteiger partial charge on any atom is 0.258 e. The maximum absolute atomic E-state index is 12.3. The molecule has 26 heavy (non-hydrogen) atoms. The SMILES string of the molecule is CCC(=O)Nc1ccc(C)c(OCc2cc(=O)n3cccc(C)c3n2)c1. The summed E-state index contributed by atoms with van der Waals surface area (Å²) in [6.07, 6.45) is 2.11. The van der Waals surface area contributed by atoms with E-state index in [9.17, 15) is 9.59 Å². The van der Waals surface area contributed by atoms with Crippen LogP contribution in [0.15, 0.2) is 47.4 Å². The normalized spacial score (nSPS) is 10.7. The molecule has 6 heteroatoms. The molecule has 0 spiro atoms. The number of aromatic nitrogens is 2. The molecule has 3 aromatic rings. The number of aryl methyl sites for hydroxylation is 2.